The summed E-state index contributed by atoms with van der Waals surface area (Å²) in [4.78, 5) is 11.6. The average Bonchev–Trinajstić information content (AvgIpc) is 2.15. The predicted octanol–water partition coefficient (Wildman–Crippen LogP) is 2.60. The standard InChI is InChI=1S/C12H17NO.ClH/c1-9(2)13-8-12(14)11-6-4-10(3)5-7-11;/h4-7,9,13H,8H2,1-3H3;1H. The summed E-state index contributed by atoms with van der Waals surface area (Å²) in [7, 11) is 0. The lowest BCUT2D eigenvalue weighted by atomic mass is 10.1. The number of hydrogen-bond acceptors (Lipinski definition) is 2. The van der Waals surface area contributed by atoms with Gasteiger partial charge in [-0.25, -0.2) is 0 Å². The lowest BCUT2D eigenvalue weighted by Gasteiger charge is -2.06. The Morgan fingerprint density at radius 1 is 1.27 bits per heavy atom. The Balaban J connectivity index is 0.00000196. The summed E-state index contributed by atoms with van der Waals surface area (Å²) in [6.45, 7) is 6.49. The zero-order chi connectivity index (χ0) is 10.6. The van der Waals surface area contributed by atoms with Crippen LogP contribution in [0, 0.1) is 6.92 Å². The zero-order valence-corrected chi connectivity index (χ0v) is 10.2. The molecule has 0 saturated heterocycles. The summed E-state index contributed by atoms with van der Waals surface area (Å²) in [5.41, 5.74) is 1.96. The quantitative estimate of drug-likeness (QED) is 0.802. The zero-order valence-electron chi connectivity index (χ0n) is 9.41. The monoisotopic (exact) mass is 227 g/mol. The van der Waals surface area contributed by atoms with Gasteiger partial charge in [0.2, 0.25) is 0 Å². The molecule has 0 atom stereocenters. The van der Waals surface area contributed by atoms with Crippen LogP contribution in [0.5, 0.6) is 0 Å². The van der Waals surface area contributed by atoms with Crippen LogP contribution in [-0.2, 0) is 0 Å². The molecule has 0 bridgehead atoms. The molecule has 1 aromatic rings. The highest BCUT2D eigenvalue weighted by atomic mass is 35.5. The smallest absolute Gasteiger partial charge is 0.176 e. The molecule has 0 aliphatic heterocycles. The number of aryl methyl sites for hydroxylation is 1. The highest BCUT2D eigenvalue weighted by Crippen LogP contribution is 2.03. The van der Waals surface area contributed by atoms with Crippen LogP contribution in [0.2, 0.25) is 0 Å². The molecule has 2 nitrogen and oxygen atoms in total. The van der Waals surface area contributed by atoms with Gasteiger partial charge < -0.3 is 5.32 Å². The Labute approximate surface area is 97.5 Å². The van der Waals surface area contributed by atoms with Crippen molar-refractivity contribution in [3.8, 4) is 0 Å². The number of halogens is 1. The van der Waals surface area contributed by atoms with Gasteiger partial charge in [0.25, 0.3) is 0 Å². The van der Waals surface area contributed by atoms with Gasteiger partial charge in [-0.2, -0.15) is 0 Å². The van der Waals surface area contributed by atoms with E-state index in [4.69, 9.17) is 0 Å². The van der Waals surface area contributed by atoms with E-state index in [9.17, 15) is 4.79 Å². The Morgan fingerprint density at radius 2 is 1.80 bits per heavy atom. The maximum Gasteiger partial charge on any atom is 0.176 e. The van der Waals surface area contributed by atoms with Crippen molar-refractivity contribution in [1.29, 1.82) is 0 Å². The van der Waals surface area contributed by atoms with Crippen molar-refractivity contribution in [2.45, 2.75) is 26.8 Å². The Bertz CT molecular complexity index is 306. The molecule has 1 N–H and O–H groups in total. The van der Waals surface area contributed by atoms with Crippen LogP contribution in [-0.4, -0.2) is 18.4 Å². The molecule has 0 spiro atoms. The maximum absolute atomic E-state index is 11.6. The van der Waals surface area contributed by atoms with E-state index >= 15 is 0 Å². The predicted molar refractivity (Wildman–Crippen MR) is 65.9 cm³/mol. The third-order valence-electron chi connectivity index (χ3n) is 2.04. The topological polar surface area (TPSA) is 29.1 Å². The molecule has 84 valence electrons. The molecule has 15 heavy (non-hydrogen) atoms. The van der Waals surface area contributed by atoms with Crippen LogP contribution in [0.25, 0.3) is 0 Å². The summed E-state index contributed by atoms with van der Waals surface area (Å²) >= 11 is 0. The van der Waals surface area contributed by atoms with Crippen molar-refractivity contribution >= 4 is 18.2 Å². The third-order valence-corrected chi connectivity index (χ3v) is 2.04. The van der Waals surface area contributed by atoms with Gasteiger partial charge >= 0.3 is 0 Å². The fraction of sp³-hybridized carbons (Fsp3) is 0.417. The average molecular weight is 228 g/mol. The molecule has 0 aliphatic rings. The Kier molecular flexibility index (Phi) is 6.21. The van der Waals surface area contributed by atoms with Crippen molar-refractivity contribution in [3.05, 3.63) is 35.4 Å². The number of carbonyl (C=O) groups is 1. The molecule has 0 saturated carbocycles. The molecule has 0 fully saturated rings. The second-order valence-corrected chi connectivity index (χ2v) is 3.82. The fourth-order valence-electron chi connectivity index (χ4n) is 1.14. The van der Waals surface area contributed by atoms with E-state index in [0.717, 1.165) is 5.56 Å². The van der Waals surface area contributed by atoms with Gasteiger partial charge in [0.05, 0.1) is 6.54 Å². The fourth-order valence-corrected chi connectivity index (χ4v) is 1.14. The van der Waals surface area contributed by atoms with Crippen LogP contribution in [0.3, 0.4) is 0 Å². The molecule has 0 aliphatic carbocycles. The van der Waals surface area contributed by atoms with E-state index in [1.807, 2.05) is 45.0 Å². The molecule has 1 aromatic carbocycles. The molecular weight excluding hydrogens is 210 g/mol. The van der Waals surface area contributed by atoms with E-state index in [2.05, 4.69) is 5.32 Å². The first-order valence-corrected chi connectivity index (χ1v) is 4.93. The summed E-state index contributed by atoms with van der Waals surface area (Å²) < 4.78 is 0. The van der Waals surface area contributed by atoms with Crippen LogP contribution >= 0.6 is 12.4 Å². The van der Waals surface area contributed by atoms with Crippen molar-refractivity contribution < 1.29 is 4.79 Å². The van der Waals surface area contributed by atoms with E-state index in [1.54, 1.807) is 0 Å². The number of benzene rings is 1. The summed E-state index contributed by atoms with van der Waals surface area (Å²) in [5.74, 6) is 0.152. The minimum absolute atomic E-state index is 0. The molecule has 0 heterocycles. The normalized spacial score (nSPS) is 9.87. The van der Waals surface area contributed by atoms with Crippen molar-refractivity contribution in [3.63, 3.8) is 0 Å². The highest BCUT2D eigenvalue weighted by Gasteiger charge is 2.04. The summed E-state index contributed by atoms with van der Waals surface area (Å²) in [5, 5.41) is 3.11. The van der Waals surface area contributed by atoms with Gasteiger partial charge in [-0.3, -0.25) is 4.79 Å². The Morgan fingerprint density at radius 3 is 2.27 bits per heavy atom. The maximum atomic E-state index is 11.6. The summed E-state index contributed by atoms with van der Waals surface area (Å²) in [6, 6.07) is 8.02. The minimum Gasteiger partial charge on any atom is -0.307 e. The number of Topliss-reactive ketones (excluding diaryl/α,β-unsaturated/α-hetero) is 1. The third kappa shape index (κ3) is 4.96. The van der Waals surface area contributed by atoms with Crippen molar-refractivity contribution in [1.82, 2.24) is 5.32 Å². The van der Waals surface area contributed by atoms with Crippen LogP contribution < -0.4 is 5.32 Å². The molecule has 3 heteroatoms. The van der Waals surface area contributed by atoms with Gasteiger partial charge in [-0.05, 0) is 6.92 Å². The van der Waals surface area contributed by atoms with Gasteiger partial charge in [0.15, 0.2) is 5.78 Å². The first kappa shape index (κ1) is 14.1. The molecule has 0 amide bonds. The molecule has 0 aromatic heterocycles. The van der Waals surface area contributed by atoms with Gasteiger partial charge in [-0.15, -0.1) is 12.4 Å². The number of carbonyl (C=O) groups excluding carboxylic acids is 1. The second-order valence-electron chi connectivity index (χ2n) is 3.82. The number of rotatable bonds is 4. The number of ketones is 1. The molecule has 0 unspecified atom stereocenters. The molecule has 1 rings (SSSR count). The van der Waals surface area contributed by atoms with E-state index < -0.39 is 0 Å². The lowest BCUT2D eigenvalue weighted by molar-refractivity contribution is 0.0988. The van der Waals surface area contributed by atoms with Crippen LogP contribution in [0.15, 0.2) is 24.3 Å². The van der Waals surface area contributed by atoms with Gasteiger partial charge in [0, 0.05) is 11.6 Å². The molecule has 0 radical (unpaired) electrons. The number of hydrogen-bond donors (Lipinski definition) is 1. The summed E-state index contributed by atoms with van der Waals surface area (Å²) in [6.07, 6.45) is 0. The van der Waals surface area contributed by atoms with E-state index in [-0.39, 0.29) is 18.2 Å². The second kappa shape index (κ2) is 6.59. The van der Waals surface area contributed by atoms with Gasteiger partial charge in [-0.1, -0.05) is 43.7 Å². The van der Waals surface area contributed by atoms with Gasteiger partial charge in [0.1, 0.15) is 0 Å². The number of nitrogens with one attached hydrogen (secondary N) is 1. The van der Waals surface area contributed by atoms with Crippen LogP contribution in [0.1, 0.15) is 29.8 Å². The Hall–Kier alpha value is -0.860. The lowest BCUT2D eigenvalue weighted by Crippen LogP contribution is -2.29. The largest absolute Gasteiger partial charge is 0.307 e. The SMILES string of the molecule is Cc1ccc(C(=O)CNC(C)C)cc1.Cl. The first-order valence-electron chi connectivity index (χ1n) is 4.93. The van der Waals surface area contributed by atoms with Crippen molar-refractivity contribution in [2.24, 2.45) is 0 Å². The van der Waals surface area contributed by atoms with E-state index in [1.165, 1.54) is 5.56 Å². The first-order chi connectivity index (χ1) is 6.59. The molecular formula is C12H18ClNO. The van der Waals surface area contributed by atoms with E-state index in [0.29, 0.717) is 12.6 Å². The minimum atomic E-state index is 0. The highest BCUT2D eigenvalue weighted by molar-refractivity contribution is 5.97. The van der Waals surface area contributed by atoms with Crippen molar-refractivity contribution in [2.75, 3.05) is 6.54 Å². The van der Waals surface area contributed by atoms with Crippen LogP contribution in [0.4, 0.5) is 0 Å².